The maximum absolute atomic E-state index is 13.3. The second-order valence-corrected chi connectivity index (χ2v) is 9.10. The summed E-state index contributed by atoms with van der Waals surface area (Å²) in [7, 11) is 0. The summed E-state index contributed by atoms with van der Waals surface area (Å²) in [5.41, 5.74) is 2.27. The average Bonchev–Trinajstić information content (AvgIpc) is 3.19. The number of rotatable bonds is 5. The zero-order valence-corrected chi connectivity index (χ0v) is 18.8. The van der Waals surface area contributed by atoms with Crippen LogP contribution in [-0.4, -0.2) is 26.3 Å². The van der Waals surface area contributed by atoms with Gasteiger partial charge in [-0.05, 0) is 49.4 Å². The highest BCUT2D eigenvalue weighted by atomic mass is 32.2. The number of nitrogens with zero attached hydrogens (tertiary/aromatic N) is 3. The van der Waals surface area contributed by atoms with E-state index in [-0.39, 0.29) is 18.1 Å². The first kappa shape index (κ1) is 21.1. The summed E-state index contributed by atoms with van der Waals surface area (Å²) in [6.45, 7) is 3.59. The van der Waals surface area contributed by atoms with E-state index in [4.69, 9.17) is 0 Å². The third-order valence-corrected chi connectivity index (χ3v) is 6.84. The molecule has 1 amide bonds. The summed E-state index contributed by atoms with van der Waals surface area (Å²) in [5.74, 6) is -0.367. The molecule has 0 fully saturated rings. The van der Waals surface area contributed by atoms with Crippen LogP contribution in [0, 0.1) is 13.8 Å². The van der Waals surface area contributed by atoms with Gasteiger partial charge in [0.15, 0.2) is 9.99 Å². The highest BCUT2D eigenvalue weighted by Crippen LogP contribution is 2.25. The van der Waals surface area contributed by atoms with Crippen molar-refractivity contribution in [3.63, 3.8) is 0 Å². The monoisotopic (exact) mass is 452 g/mol. The number of amides is 1. The normalized spacial score (nSPS) is 11.1. The van der Waals surface area contributed by atoms with E-state index in [0.717, 1.165) is 15.7 Å². The number of aromatic nitrogens is 3. The molecule has 0 unspecified atom stereocenters. The molecule has 31 heavy (non-hydrogen) atoms. The molecule has 0 aliphatic carbocycles. The molecule has 1 N–H and O–H groups in total. The minimum Gasteiger partial charge on any atom is -0.324 e. The lowest BCUT2D eigenvalue weighted by Crippen LogP contribution is -2.40. The van der Waals surface area contributed by atoms with Crippen LogP contribution in [0.2, 0.25) is 0 Å². The van der Waals surface area contributed by atoms with Crippen LogP contribution in [0.25, 0.3) is 16.0 Å². The lowest BCUT2D eigenvalue weighted by atomic mass is 10.1. The van der Waals surface area contributed by atoms with Crippen LogP contribution < -0.4 is 16.6 Å². The molecule has 4 aromatic rings. The maximum atomic E-state index is 13.3. The van der Waals surface area contributed by atoms with Crippen LogP contribution in [0.4, 0.5) is 5.69 Å². The Morgan fingerprint density at radius 2 is 1.87 bits per heavy atom. The fourth-order valence-corrected chi connectivity index (χ4v) is 4.75. The van der Waals surface area contributed by atoms with Gasteiger partial charge >= 0.3 is 5.69 Å². The lowest BCUT2D eigenvalue weighted by Gasteiger charge is -2.13. The molecule has 0 spiro atoms. The van der Waals surface area contributed by atoms with Crippen LogP contribution in [0.15, 0.2) is 62.5 Å². The van der Waals surface area contributed by atoms with Crippen molar-refractivity contribution in [2.75, 3.05) is 11.6 Å². The van der Waals surface area contributed by atoms with Gasteiger partial charge in [-0.25, -0.2) is 14.3 Å². The molecule has 0 saturated carbocycles. The second kappa shape index (κ2) is 8.52. The van der Waals surface area contributed by atoms with Gasteiger partial charge in [0.05, 0.1) is 5.69 Å². The molecule has 2 aromatic carbocycles. The second-order valence-electron chi connectivity index (χ2n) is 7.05. The molecule has 0 bridgehead atoms. The lowest BCUT2D eigenvalue weighted by molar-refractivity contribution is -0.116. The molecular weight excluding hydrogens is 432 g/mol. The van der Waals surface area contributed by atoms with Crippen molar-refractivity contribution in [2.45, 2.75) is 24.7 Å². The number of thiazole rings is 1. The van der Waals surface area contributed by atoms with Crippen molar-refractivity contribution < 1.29 is 4.79 Å². The van der Waals surface area contributed by atoms with Crippen LogP contribution in [-0.2, 0) is 11.3 Å². The van der Waals surface area contributed by atoms with Gasteiger partial charge in [-0.1, -0.05) is 42.1 Å². The third kappa shape index (κ3) is 4.06. The van der Waals surface area contributed by atoms with Crippen LogP contribution >= 0.6 is 23.1 Å². The Kier molecular flexibility index (Phi) is 5.79. The summed E-state index contributed by atoms with van der Waals surface area (Å²) < 4.78 is 3.35. The van der Waals surface area contributed by atoms with Gasteiger partial charge in [0.1, 0.15) is 11.2 Å². The number of fused-ring (bicyclic) bond motifs is 1. The van der Waals surface area contributed by atoms with Gasteiger partial charge in [0, 0.05) is 5.69 Å². The van der Waals surface area contributed by atoms with Gasteiger partial charge in [0.2, 0.25) is 5.91 Å². The van der Waals surface area contributed by atoms with Crippen molar-refractivity contribution >= 4 is 45.0 Å². The number of hydrogen-bond acceptors (Lipinski definition) is 6. The van der Waals surface area contributed by atoms with Crippen LogP contribution in [0.5, 0.6) is 0 Å². The predicted octanol–water partition coefficient (Wildman–Crippen LogP) is 3.59. The highest BCUT2D eigenvalue weighted by molar-refractivity contribution is 8.00. The molecule has 0 atom stereocenters. The molecule has 158 valence electrons. The quantitative estimate of drug-likeness (QED) is 0.468. The number of aryl methyl sites for hydroxylation is 2. The van der Waals surface area contributed by atoms with E-state index < -0.39 is 11.2 Å². The van der Waals surface area contributed by atoms with Gasteiger partial charge < -0.3 is 5.32 Å². The molecule has 7 nitrogen and oxygen atoms in total. The minimum atomic E-state index is -0.599. The van der Waals surface area contributed by atoms with E-state index in [1.807, 2.05) is 44.4 Å². The molecule has 9 heteroatoms. The number of carbonyl (C=O) groups excluding carboxylic acids is 1. The van der Waals surface area contributed by atoms with E-state index in [0.29, 0.717) is 20.4 Å². The Morgan fingerprint density at radius 3 is 2.58 bits per heavy atom. The first-order valence-corrected chi connectivity index (χ1v) is 11.6. The van der Waals surface area contributed by atoms with Crippen LogP contribution in [0.3, 0.4) is 0 Å². The Balaban J connectivity index is 1.84. The average molecular weight is 453 g/mol. The van der Waals surface area contributed by atoms with Gasteiger partial charge in [0.25, 0.3) is 5.56 Å². The Bertz CT molecular complexity index is 1400. The number of hydrogen-bond donors (Lipinski definition) is 1. The maximum Gasteiger partial charge on any atom is 0.337 e. The number of carbonyl (C=O) groups is 1. The Labute approximate surface area is 186 Å². The fraction of sp³-hybridized carbons (Fsp3) is 0.182. The first-order valence-electron chi connectivity index (χ1n) is 9.52. The topological polar surface area (TPSA) is 86.0 Å². The van der Waals surface area contributed by atoms with Crippen molar-refractivity contribution in [3.05, 3.63) is 80.5 Å². The molecule has 2 aromatic heterocycles. The number of nitrogens with one attached hydrogen (secondary N) is 1. The Morgan fingerprint density at radius 1 is 1.13 bits per heavy atom. The summed E-state index contributed by atoms with van der Waals surface area (Å²) in [6, 6.07) is 14.5. The number of para-hydroxylation sites is 1. The van der Waals surface area contributed by atoms with Crippen LogP contribution in [0.1, 0.15) is 11.1 Å². The minimum absolute atomic E-state index is 0.229. The van der Waals surface area contributed by atoms with E-state index >= 15 is 0 Å². The molecule has 4 rings (SSSR count). The van der Waals surface area contributed by atoms with E-state index in [1.165, 1.54) is 27.7 Å². The highest BCUT2D eigenvalue weighted by Gasteiger charge is 2.20. The van der Waals surface area contributed by atoms with E-state index in [2.05, 4.69) is 10.3 Å². The molecule has 0 radical (unpaired) electrons. The third-order valence-electron chi connectivity index (χ3n) is 4.82. The molecule has 0 aliphatic rings. The number of thioether (sulfide) groups is 1. The molecular formula is C22H20N4O3S2. The van der Waals surface area contributed by atoms with Gasteiger partial charge in [-0.2, -0.15) is 0 Å². The van der Waals surface area contributed by atoms with Gasteiger partial charge in [-0.15, -0.1) is 11.3 Å². The van der Waals surface area contributed by atoms with Crippen molar-refractivity contribution in [2.24, 2.45) is 0 Å². The predicted molar refractivity (Wildman–Crippen MR) is 126 cm³/mol. The standard InChI is InChI=1S/C22H20N4O3S2/c1-13-9-10-14(2)16(11-13)23-17(27)12-25-19-18(31-21(24-19)30-3)20(28)26(22(25)29)15-7-5-4-6-8-15/h4-11H,12H2,1-3H3,(H,23,27). The molecule has 2 heterocycles. The van der Waals surface area contributed by atoms with Crippen molar-refractivity contribution in [1.29, 1.82) is 0 Å². The molecule has 0 aliphatic heterocycles. The van der Waals surface area contributed by atoms with E-state index in [1.54, 1.807) is 24.3 Å². The van der Waals surface area contributed by atoms with Gasteiger partial charge in [-0.3, -0.25) is 14.2 Å². The Hall–Kier alpha value is -3.17. The summed E-state index contributed by atoms with van der Waals surface area (Å²) in [6.07, 6.45) is 1.85. The first-order chi connectivity index (χ1) is 14.9. The zero-order chi connectivity index (χ0) is 22.1. The van der Waals surface area contributed by atoms with Crippen molar-refractivity contribution in [1.82, 2.24) is 14.1 Å². The number of anilines is 1. The van der Waals surface area contributed by atoms with Crippen molar-refractivity contribution in [3.8, 4) is 5.69 Å². The smallest absolute Gasteiger partial charge is 0.324 e. The summed E-state index contributed by atoms with van der Waals surface area (Å²) in [5, 5.41) is 2.87. The summed E-state index contributed by atoms with van der Waals surface area (Å²) in [4.78, 5) is 43.7. The van der Waals surface area contributed by atoms with E-state index in [9.17, 15) is 14.4 Å². The SMILES string of the molecule is CSc1nc2c(s1)c(=O)n(-c1ccccc1)c(=O)n2CC(=O)Nc1cc(C)ccc1C. The largest absolute Gasteiger partial charge is 0.337 e. The zero-order valence-electron chi connectivity index (χ0n) is 17.2. The molecule has 0 saturated heterocycles. The summed E-state index contributed by atoms with van der Waals surface area (Å²) >= 11 is 2.61. The fourth-order valence-electron chi connectivity index (χ4n) is 3.25. The number of benzene rings is 2.